The quantitative estimate of drug-likeness (QED) is 0.742. The van der Waals surface area contributed by atoms with Gasteiger partial charge in [-0.05, 0) is 18.2 Å². The first-order valence-corrected chi connectivity index (χ1v) is 6.60. The molecular weight excluding hydrogens is 228 g/mol. The Kier molecular flexibility index (Phi) is 2.56. The Labute approximate surface area is 105 Å². The summed E-state index contributed by atoms with van der Waals surface area (Å²) in [7, 11) is 0. The van der Waals surface area contributed by atoms with Gasteiger partial charge in [-0.2, -0.15) is 0 Å². The number of anilines is 1. The monoisotopic (exact) mass is 243 g/mol. The highest BCUT2D eigenvalue weighted by molar-refractivity contribution is 8.03. The number of rotatable bonds is 1. The van der Waals surface area contributed by atoms with E-state index >= 15 is 0 Å². The normalized spacial score (nSPS) is 21.6. The van der Waals surface area contributed by atoms with Crippen molar-refractivity contribution in [3.8, 4) is 0 Å². The lowest BCUT2D eigenvalue weighted by molar-refractivity contribution is -0.119. The first-order chi connectivity index (χ1) is 8.24. The molecule has 2 aliphatic rings. The molecule has 17 heavy (non-hydrogen) atoms. The lowest BCUT2D eigenvalue weighted by Gasteiger charge is -2.26. The number of nitrogens with two attached hydrogens (primary N) is 1. The number of thioether (sulfide) groups is 1. The molecule has 1 aromatic carbocycles. The molecule has 1 unspecified atom stereocenters. The molecule has 0 saturated carbocycles. The molecule has 3 N–H and O–H groups in total. The fraction of sp³-hybridized carbons (Fsp3) is 0.214. The lowest BCUT2D eigenvalue weighted by Crippen LogP contribution is -2.42. The van der Waals surface area contributed by atoms with Crippen LogP contribution in [-0.4, -0.2) is 5.71 Å². The van der Waals surface area contributed by atoms with Crippen molar-refractivity contribution in [1.29, 1.82) is 0 Å². The van der Waals surface area contributed by atoms with E-state index in [1.165, 1.54) is 21.2 Å². The predicted molar refractivity (Wildman–Crippen MR) is 72.8 cm³/mol. The van der Waals surface area contributed by atoms with Gasteiger partial charge in [-0.3, -0.25) is 5.41 Å². The van der Waals surface area contributed by atoms with Crippen LogP contribution in [0.2, 0.25) is 0 Å². The zero-order chi connectivity index (χ0) is 11.8. The standard InChI is InChI=1S/C14H14N2S/c1-9(15)10-6-7-14-12(8-10)16-11-4-2-3-5-13(11)17-14/h2-7,10,15-16H,8H2,1H3/p+1. The lowest BCUT2D eigenvalue weighted by atomic mass is 9.94. The minimum absolute atomic E-state index is 0.368. The second-order valence-corrected chi connectivity index (χ2v) is 5.56. The van der Waals surface area contributed by atoms with Crippen LogP contribution in [0.5, 0.6) is 0 Å². The van der Waals surface area contributed by atoms with Gasteiger partial charge >= 0.3 is 0 Å². The largest absolute Gasteiger partial charge is 0.357 e. The number of hydrogen-bond acceptors (Lipinski definition) is 2. The van der Waals surface area contributed by atoms with Crippen molar-refractivity contribution in [1.82, 2.24) is 0 Å². The highest BCUT2D eigenvalue weighted by Crippen LogP contribution is 2.43. The van der Waals surface area contributed by atoms with Gasteiger partial charge in [0, 0.05) is 28.8 Å². The minimum atomic E-state index is 0.368. The Morgan fingerprint density at radius 1 is 1.41 bits per heavy atom. The molecular formula is C14H15N2S+. The van der Waals surface area contributed by atoms with E-state index in [4.69, 9.17) is 5.41 Å². The van der Waals surface area contributed by atoms with Gasteiger partial charge < -0.3 is 5.32 Å². The Bertz CT molecular complexity index is 543. The van der Waals surface area contributed by atoms with Gasteiger partial charge in [0.15, 0.2) is 5.71 Å². The summed E-state index contributed by atoms with van der Waals surface area (Å²) in [6.45, 7) is 1.99. The van der Waals surface area contributed by atoms with Crippen molar-refractivity contribution >= 4 is 23.2 Å². The second-order valence-electron chi connectivity index (χ2n) is 4.48. The number of hydrogen-bond donors (Lipinski definition) is 2. The van der Waals surface area contributed by atoms with E-state index in [0.29, 0.717) is 5.92 Å². The summed E-state index contributed by atoms with van der Waals surface area (Å²) in [5, 5.41) is 9.41. The number of fused-ring (bicyclic) bond motifs is 1. The summed E-state index contributed by atoms with van der Waals surface area (Å²) in [4.78, 5) is 2.61. The van der Waals surface area contributed by atoms with Crippen molar-refractivity contribution in [3.05, 3.63) is 47.0 Å². The number of nitrogens with one attached hydrogen (secondary N) is 1. The molecule has 3 rings (SSSR count). The average molecular weight is 243 g/mol. The smallest absolute Gasteiger partial charge is 0.153 e. The third kappa shape index (κ3) is 1.91. The summed E-state index contributed by atoms with van der Waals surface area (Å²) in [5.74, 6) is 0.368. The molecule has 1 heterocycles. The molecule has 1 atom stereocenters. The molecule has 1 aliphatic heterocycles. The molecule has 0 amide bonds. The molecule has 0 bridgehead atoms. The molecule has 0 fully saturated rings. The molecule has 1 aromatic rings. The molecule has 0 radical (unpaired) electrons. The fourth-order valence-electron chi connectivity index (χ4n) is 2.15. The van der Waals surface area contributed by atoms with Crippen LogP contribution < -0.4 is 10.7 Å². The summed E-state index contributed by atoms with van der Waals surface area (Å²) in [6.07, 6.45) is 5.37. The Morgan fingerprint density at radius 2 is 2.24 bits per heavy atom. The summed E-state index contributed by atoms with van der Waals surface area (Å²) in [5.41, 5.74) is 3.49. The van der Waals surface area contributed by atoms with Crippen molar-refractivity contribution in [3.63, 3.8) is 0 Å². The first-order valence-electron chi connectivity index (χ1n) is 5.78. The van der Waals surface area contributed by atoms with Crippen molar-refractivity contribution in [2.24, 2.45) is 5.92 Å². The van der Waals surface area contributed by atoms with E-state index in [9.17, 15) is 0 Å². The number of para-hydroxylation sites is 1. The van der Waals surface area contributed by atoms with E-state index in [-0.39, 0.29) is 0 Å². The van der Waals surface area contributed by atoms with Crippen molar-refractivity contribution in [2.45, 2.75) is 18.2 Å². The van der Waals surface area contributed by atoms with E-state index < -0.39 is 0 Å². The predicted octanol–water partition coefficient (Wildman–Crippen LogP) is 2.21. The maximum Gasteiger partial charge on any atom is 0.153 e. The second kappa shape index (κ2) is 4.08. The third-order valence-corrected chi connectivity index (χ3v) is 4.36. The fourth-order valence-corrected chi connectivity index (χ4v) is 3.17. The van der Waals surface area contributed by atoms with Gasteiger partial charge in [-0.25, -0.2) is 0 Å². The van der Waals surface area contributed by atoms with Crippen LogP contribution in [0.1, 0.15) is 13.3 Å². The van der Waals surface area contributed by atoms with Crippen molar-refractivity contribution in [2.75, 3.05) is 5.32 Å². The van der Waals surface area contributed by atoms with Crippen LogP contribution in [0.4, 0.5) is 5.69 Å². The zero-order valence-corrected chi connectivity index (χ0v) is 10.6. The number of allylic oxidation sites excluding steroid dienone is 3. The molecule has 1 aliphatic carbocycles. The molecule has 3 heteroatoms. The van der Waals surface area contributed by atoms with Crippen LogP contribution in [0.15, 0.2) is 51.9 Å². The van der Waals surface area contributed by atoms with E-state index in [1.54, 1.807) is 0 Å². The van der Waals surface area contributed by atoms with Crippen LogP contribution in [0.25, 0.3) is 0 Å². The van der Waals surface area contributed by atoms with Gasteiger partial charge in [0.05, 0.1) is 11.6 Å². The molecule has 0 aromatic heterocycles. The maximum atomic E-state index is 5.89. The molecule has 2 nitrogen and oxygen atoms in total. The summed E-state index contributed by atoms with van der Waals surface area (Å²) in [6, 6.07) is 8.41. The van der Waals surface area contributed by atoms with Crippen LogP contribution in [0, 0.1) is 5.92 Å². The van der Waals surface area contributed by atoms with Gasteiger partial charge in [0.1, 0.15) is 0 Å². The zero-order valence-electron chi connectivity index (χ0n) is 9.73. The highest BCUT2D eigenvalue weighted by atomic mass is 32.2. The topological polar surface area (TPSA) is 37.6 Å². The highest BCUT2D eigenvalue weighted by Gasteiger charge is 2.24. The average Bonchev–Trinajstić information content (AvgIpc) is 2.35. The van der Waals surface area contributed by atoms with Crippen LogP contribution in [0.3, 0.4) is 0 Å². The third-order valence-electron chi connectivity index (χ3n) is 3.18. The Balaban J connectivity index is 1.91. The SMILES string of the molecule is CC(=[NH2+])C1C=CC2=C(C1)Nc1ccccc1S2. The Morgan fingerprint density at radius 3 is 3.06 bits per heavy atom. The first kappa shape index (κ1) is 10.7. The Hall–Kier alpha value is -1.48. The minimum Gasteiger partial charge on any atom is -0.357 e. The molecule has 0 spiro atoms. The summed E-state index contributed by atoms with van der Waals surface area (Å²) >= 11 is 1.83. The maximum absolute atomic E-state index is 5.89. The molecule has 0 saturated heterocycles. The van der Waals surface area contributed by atoms with E-state index in [1.807, 2.05) is 18.7 Å². The van der Waals surface area contributed by atoms with Gasteiger partial charge in [0.25, 0.3) is 0 Å². The van der Waals surface area contributed by atoms with Gasteiger partial charge in [-0.15, -0.1) is 0 Å². The van der Waals surface area contributed by atoms with Gasteiger partial charge in [0.2, 0.25) is 0 Å². The number of benzene rings is 1. The summed E-state index contributed by atoms with van der Waals surface area (Å²) < 4.78 is 0. The van der Waals surface area contributed by atoms with Crippen LogP contribution in [-0.2, 0) is 0 Å². The van der Waals surface area contributed by atoms with Crippen LogP contribution >= 0.6 is 11.8 Å². The van der Waals surface area contributed by atoms with E-state index in [2.05, 4.69) is 41.7 Å². The van der Waals surface area contributed by atoms with Crippen molar-refractivity contribution < 1.29 is 5.41 Å². The van der Waals surface area contributed by atoms with E-state index in [0.717, 1.165) is 12.1 Å². The molecule has 86 valence electrons. The van der Waals surface area contributed by atoms with Gasteiger partial charge in [-0.1, -0.05) is 30.0 Å².